The maximum Gasteiger partial charge on any atom is 0.436 e. The number of benzene rings is 1. The highest BCUT2D eigenvalue weighted by Crippen LogP contribution is 2.36. The van der Waals surface area contributed by atoms with Gasteiger partial charge in [-0.2, -0.15) is 18.3 Å². The van der Waals surface area contributed by atoms with Crippen molar-refractivity contribution < 1.29 is 22.9 Å². The van der Waals surface area contributed by atoms with Crippen LogP contribution in [0.25, 0.3) is 0 Å². The van der Waals surface area contributed by atoms with E-state index in [0.717, 1.165) is 4.68 Å². The van der Waals surface area contributed by atoms with Crippen molar-refractivity contribution in [2.45, 2.75) is 19.6 Å². The second-order valence-electron chi connectivity index (χ2n) is 4.99. The molecule has 0 aliphatic carbocycles. The number of amides is 1. The number of nitro groups is 1. The van der Waals surface area contributed by atoms with E-state index in [1.54, 1.807) is 0 Å². The fourth-order valence-electron chi connectivity index (χ4n) is 1.96. The smallest absolute Gasteiger partial charge is 0.323 e. The Balaban J connectivity index is 2.24. The van der Waals surface area contributed by atoms with Crippen molar-refractivity contribution in [1.29, 1.82) is 0 Å². The standard InChI is InChI=1S/C13H8Br2ClF3N4O3/c1-5-10(16)12(13(17,18)19)21-22(5)4-9(24)20-11-7(14)2-6(23(25)26)3-8(11)15/h2-3H,4H2,1H3,(H,20,24). The molecule has 0 atom stereocenters. The summed E-state index contributed by atoms with van der Waals surface area (Å²) in [4.78, 5) is 22.3. The highest BCUT2D eigenvalue weighted by Gasteiger charge is 2.38. The average Bonchev–Trinajstić information content (AvgIpc) is 2.79. The third kappa shape index (κ3) is 4.35. The van der Waals surface area contributed by atoms with Gasteiger partial charge in [0.2, 0.25) is 5.91 Å². The highest BCUT2D eigenvalue weighted by atomic mass is 79.9. The van der Waals surface area contributed by atoms with E-state index < -0.39 is 34.3 Å². The molecule has 1 N–H and O–H groups in total. The molecule has 1 aromatic carbocycles. The van der Waals surface area contributed by atoms with E-state index in [9.17, 15) is 28.1 Å². The Morgan fingerprint density at radius 2 is 1.92 bits per heavy atom. The van der Waals surface area contributed by atoms with Crippen molar-refractivity contribution in [3.8, 4) is 0 Å². The largest absolute Gasteiger partial charge is 0.436 e. The molecule has 0 fully saturated rings. The number of aromatic nitrogens is 2. The van der Waals surface area contributed by atoms with E-state index in [1.807, 2.05) is 0 Å². The van der Waals surface area contributed by atoms with E-state index in [0.29, 0.717) is 0 Å². The Bertz CT molecular complexity index is 878. The number of nitro benzene ring substituents is 1. The quantitative estimate of drug-likeness (QED) is 0.457. The lowest BCUT2D eigenvalue weighted by Gasteiger charge is -2.10. The lowest BCUT2D eigenvalue weighted by atomic mass is 10.3. The molecule has 26 heavy (non-hydrogen) atoms. The molecule has 140 valence electrons. The van der Waals surface area contributed by atoms with Crippen LogP contribution in [0.15, 0.2) is 21.1 Å². The van der Waals surface area contributed by atoms with Crippen LogP contribution in [-0.4, -0.2) is 20.6 Å². The molecule has 1 heterocycles. The number of carbonyl (C=O) groups is 1. The van der Waals surface area contributed by atoms with Gasteiger partial charge in [0.05, 0.1) is 21.3 Å². The number of nitrogens with one attached hydrogen (secondary N) is 1. The number of hydrogen-bond acceptors (Lipinski definition) is 4. The van der Waals surface area contributed by atoms with Crippen LogP contribution in [0.2, 0.25) is 5.02 Å². The van der Waals surface area contributed by atoms with Gasteiger partial charge in [-0.1, -0.05) is 11.6 Å². The van der Waals surface area contributed by atoms with Gasteiger partial charge in [0.15, 0.2) is 5.69 Å². The van der Waals surface area contributed by atoms with Crippen molar-refractivity contribution in [3.05, 3.63) is 47.6 Å². The minimum atomic E-state index is -4.74. The van der Waals surface area contributed by atoms with E-state index in [2.05, 4.69) is 42.3 Å². The summed E-state index contributed by atoms with van der Waals surface area (Å²) in [7, 11) is 0. The summed E-state index contributed by atoms with van der Waals surface area (Å²) in [6.07, 6.45) is -4.74. The van der Waals surface area contributed by atoms with Crippen molar-refractivity contribution in [2.24, 2.45) is 0 Å². The summed E-state index contributed by atoms with van der Waals surface area (Å²) in [5.41, 5.74) is -1.32. The molecule has 7 nitrogen and oxygen atoms in total. The van der Waals surface area contributed by atoms with Crippen LogP contribution < -0.4 is 5.32 Å². The Morgan fingerprint density at radius 1 is 1.38 bits per heavy atom. The van der Waals surface area contributed by atoms with Crippen molar-refractivity contribution in [2.75, 3.05) is 5.32 Å². The summed E-state index contributed by atoms with van der Waals surface area (Å²) in [6.45, 7) is 0.771. The number of hydrogen-bond donors (Lipinski definition) is 1. The number of non-ortho nitro benzene ring substituents is 1. The minimum Gasteiger partial charge on any atom is -0.323 e. The number of alkyl halides is 3. The predicted molar refractivity (Wildman–Crippen MR) is 94.1 cm³/mol. The zero-order chi connectivity index (χ0) is 19.8. The molecule has 13 heteroatoms. The SMILES string of the molecule is Cc1c(Cl)c(C(F)(F)F)nn1CC(=O)Nc1c(Br)cc([N+](=O)[O-])cc1Br. The molecule has 0 saturated carbocycles. The van der Waals surface area contributed by atoms with E-state index >= 15 is 0 Å². The van der Waals surface area contributed by atoms with Crippen LogP contribution in [0.4, 0.5) is 24.5 Å². The van der Waals surface area contributed by atoms with Gasteiger partial charge in [-0.05, 0) is 38.8 Å². The maximum atomic E-state index is 12.8. The zero-order valence-corrected chi connectivity index (χ0v) is 16.6. The van der Waals surface area contributed by atoms with Crippen LogP contribution in [0.1, 0.15) is 11.4 Å². The first-order valence-electron chi connectivity index (χ1n) is 6.65. The van der Waals surface area contributed by atoms with Gasteiger partial charge in [0.1, 0.15) is 6.54 Å². The number of carbonyl (C=O) groups excluding carboxylic acids is 1. The zero-order valence-electron chi connectivity index (χ0n) is 12.7. The maximum absolute atomic E-state index is 12.8. The summed E-state index contributed by atoms with van der Waals surface area (Å²) in [5.74, 6) is -0.698. The molecule has 2 aromatic rings. The van der Waals surface area contributed by atoms with E-state index in [1.165, 1.54) is 19.1 Å². The summed E-state index contributed by atoms with van der Waals surface area (Å²) in [5, 5.41) is 16.0. The van der Waals surface area contributed by atoms with Crippen molar-refractivity contribution in [1.82, 2.24) is 9.78 Å². The Kier molecular flexibility index (Phi) is 5.98. The minimum absolute atomic E-state index is 0.0176. The number of nitrogens with zero attached hydrogens (tertiary/aromatic N) is 3. The second kappa shape index (κ2) is 7.53. The Labute approximate surface area is 165 Å². The summed E-state index contributed by atoms with van der Waals surface area (Å²) in [6, 6.07) is 2.36. The fraction of sp³-hybridized carbons (Fsp3) is 0.231. The molecule has 1 aromatic heterocycles. The average molecular weight is 520 g/mol. The van der Waals surface area contributed by atoms with Gasteiger partial charge in [-0.25, -0.2) is 0 Å². The predicted octanol–water partition coefficient (Wildman–Crippen LogP) is 4.94. The molecular weight excluding hydrogens is 512 g/mol. The van der Waals surface area contributed by atoms with Crippen molar-refractivity contribution in [3.63, 3.8) is 0 Å². The topological polar surface area (TPSA) is 90.1 Å². The first kappa shape index (κ1) is 20.6. The van der Waals surface area contributed by atoms with Gasteiger partial charge in [0, 0.05) is 21.1 Å². The molecular formula is C13H8Br2ClF3N4O3. The number of halogens is 6. The lowest BCUT2D eigenvalue weighted by Crippen LogP contribution is -2.21. The van der Waals surface area contributed by atoms with Crippen molar-refractivity contribution >= 4 is 60.7 Å². The number of rotatable bonds is 4. The summed E-state index contributed by atoms with van der Waals surface area (Å²) >= 11 is 11.8. The Morgan fingerprint density at radius 3 is 2.35 bits per heavy atom. The molecule has 0 aliphatic rings. The van der Waals surface area contributed by atoms with Gasteiger partial charge in [-0.15, -0.1) is 0 Å². The van der Waals surface area contributed by atoms with Crippen LogP contribution in [0.3, 0.4) is 0 Å². The van der Waals surface area contributed by atoms with E-state index in [-0.39, 0.29) is 26.0 Å². The Hall–Kier alpha value is -1.66. The molecule has 0 saturated heterocycles. The third-order valence-electron chi connectivity index (χ3n) is 3.20. The first-order valence-corrected chi connectivity index (χ1v) is 8.61. The number of anilines is 1. The van der Waals surface area contributed by atoms with Crippen LogP contribution in [0.5, 0.6) is 0 Å². The molecule has 0 spiro atoms. The van der Waals surface area contributed by atoms with E-state index in [4.69, 9.17) is 11.6 Å². The molecule has 0 aliphatic heterocycles. The molecule has 1 amide bonds. The first-order chi connectivity index (χ1) is 11.9. The van der Waals surface area contributed by atoms with Crippen LogP contribution in [0, 0.1) is 17.0 Å². The van der Waals surface area contributed by atoms with Crippen LogP contribution in [-0.2, 0) is 17.5 Å². The normalized spacial score (nSPS) is 11.5. The van der Waals surface area contributed by atoms with Gasteiger partial charge >= 0.3 is 6.18 Å². The van der Waals surface area contributed by atoms with Gasteiger partial charge in [0.25, 0.3) is 5.69 Å². The second-order valence-corrected chi connectivity index (χ2v) is 7.08. The van der Waals surface area contributed by atoms with Gasteiger partial charge < -0.3 is 5.32 Å². The monoisotopic (exact) mass is 518 g/mol. The fourth-order valence-corrected chi connectivity index (χ4v) is 3.56. The third-order valence-corrected chi connectivity index (χ3v) is 4.90. The molecule has 2 rings (SSSR count). The highest BCUT2D eigenvalue weighted by molar-refractivity contribution is 9.11. The van der Waals surface area contributed by atoms with Crippen LogP contribution >= 0.6 is 43.5 Å². The summed E-state index contributed by atoms with van der Waals surface area (Å²) < 4.78 is 39.7. The van der Waals surface area contributed by atoms with Gasteiger partial charge in [-0.3, -0.25) is 19.6 Å². The molecule has 0 radical (unpaired) electrons. The molecule has 0 bridgehead atoms. The lowest BCUT2D eigenvalue weighted by molar-refractivity contribution is -0.385. The molecule has 0 unspecified atom stereocenters.